The summed E-state index contributed by atoms with van der Waals surface area (Å²) >= 11 is 6.00. The van der Waals surface area contributed by atoms with Crippen LogP contribution in [0.2, 0.25) is 5.02 Å². The molecule has 2 aliphatic heterocycles. The Morgan fingerprint density at radius 2 is 1.97 bits per heavy atom. The second-order valence-electron chi connectivity index (χ2n) is 6.96. The summed E-state index contributed by atoms with van der Waals surface area (Å²) in [5.74, 6) is -2.49. The highest BCUT2D eigenvalue weighted by molar-refractivity contribution is 6.30. The quantitative estimate of drug-likeness (QED) is 0.739. The first-order chi connectivity index (χ1) is 13.8. The molecule has 0 saturated carbocycles. The average Bonchev–Trinajstić information content (AvgIpc) is 2.99. The summed E-state index contributed by atoms with van der Waals surface area (Å²) in [5, 5.41) is 10.7. The number of nitriles is 1. The lowest BCUT2D eigenvalue weighted by Gasteiger charge is -2.32. The van der Waals surface area contributed by atoms with Crippen molar-refractivity contribution < 1.29 is 19.1 Å². The van der Waals surface area contributed by atoms with Gasteiger partial charge in [-0.25, -0.2) is 4.79 Å². The number of primary amides is 1. The first-order valence-corrected chi connectivity index (χ1v) is 9.47. The van der Waals surface area contributed by atoms with Crippen LogP contribution in [0.3, 0.4) is 0 Å². The third-order valence-electron chi connectivity index (χ3n) is 5.47. The van der Waals surface area contributed by atoms with Gasteiger partial charge in [0.25, 0.3) is 0 Å². The van der Waals surface area contributed by atoms with Gasteiger partial charge in [-0.05, 0) is 37.6 Å². The summed E-state index contributed by atoms with van der Waals surface area (Å²) in [5.41, 5.74) is 4.60. The van der Waals surface area contributed by atoms with Crippen molar-refractivity contribution in [2.24, 2.45) is 11.1 Å². The molecule has 1 aromatic rings. The predicted molar refractivity (Wildman–Crippen MR) is 105 cm³/mol. The number of ether oxygens (including phenoxy) is 1. The number of carbonyl (C=O) groups is 3. The number of ketones is 1. The number of esters is 1. The van der Waals surface area contributed by atoms with Crippen LogP contribution < -0.4 is 5.73 Å². The van der Waals surface area contributed by atoms with Gasteiger partial charge in [-0.15, -0.1) is 0 Å². The Morgan fingerprint density at radius 1 is 1.31 bits per heavy atom. The van der Waals surface area contributed by atoms with Crippen molar-refractivity contribution in [3.63, 3.8) is 0 Å². The zero-order chi connectivity index (χ0) is 21.3. The summed E-state index contributed by atoms with van der Waals surface area (Å²) < 4.78 is 5.27. The number of amides is 1. The highest BCUT2D eigenvalue weighted by Crippen LogP contribution is 2.53. The van der Waals surface area contributed by atoms with Crippen LogP contribution in [0.1, 0.15) is 25.3 Å². The number of hydrogen-bond acceptors (Lipinski definition) is 6. The van der Waals surface area contributed by atoms with Crippen molar-refractivity contribution in [3.8, 4) is 6.07 Å². The number of fused-ring (bicyclic) bond motifs is 1. The van der Waals surface area contributed by atoms with E-state index in [1.165, 1.54) is 19.2 Å². The molecule has 0 unspecified atom stereocenters. The molecule has 0 radical (unpaired) electrons. The molecular weight excluding hydrogens is 394 g/mol. The molecule has 8 heteroatoms. The van der Waals surface area contributed by atoms with Gasteiger partial charge in [0, 0.05) is 17.1 Å². The van der Waals surface area contributed by atoms with Crippen LogP contribution in [-0.4, -0.2) is 41.3 Å². The van der Waals surface area contributed by atoms with Crippen molar-refractivity contribution in [1.82, 2.24) is 4.90 Å². The molecule has 2 aliphatic rings. The molecule has 0 bridgehead atoms. The Balaban J connectivity index is 2.28. The first-order valence-electron chi connectivity index (χ1n) is 9.09. The van der Waals surface area contributed by atoms with Gasteiger partial charge in [0.05, 0.1) is 24.3 Å². The molecule has 29 heavy (non-hydrogen) atoms. The summed E-state index contributed by atoms with van der Waals surface area (Å²) in [6, 6.07) is 7.08. The van der Waals surface area contributed by atoms with Gasteiger partial charge in [-0.3, -0.25) is 9.59 Å². The molecule has 1 saturated heterocycles. The molecule has 2 heterocycles. The van der Waals surface area contributed by atoms with Crippen molar-refractivity contribution in [3.05, 3.63) is 58.8 Å². The van der Waals surface area contributed by atoms with Gasteiger partial charge in [0.1, 0.15) is 11.5 Å². The number of carbonyl (C=O) groups excluding carboxylic acids is 3. The molecule has 1 aromatic carbocycles. The number of hydrogen-bond donors (Lipinski definition) is 1. The van der Waals surface area contributed by atoms with E-state index in [1.54, 1.807) is 42.2 Å². The minimum absolute atomic E-state index is 0.128. The van der Waals surface area contributed by atoms with E-state index in [2.05, 4.69) is 6.07 Å². The Hall–Kier alpha value is -3.11. The fourth-order valence-corrected chi connectivity index (χ4v) is 4.34. The standard InChI is InChI=1S/C21H20ClN3O4/c1-3-29-20(28)18-17(13-4-7-15(22)8-5-13)21(11-23,12(2)26)16-9-6-14(19(24)27)10-25(16)18/h4-10,16-18H,3H2,1-2H3,(H2,24,27)/t16-,17-,18-,21+/m0/s1. The van der Waals surface area contributed by atoms with Crippen molar-refractivity contribution in [2.45, 2.75) is 31.8 Å². The second kappa shape index (κ2) is 7.72. The molecule has 150 valence electrons. The lowest BCUT2D eigenvalue weighted by molar-refractivity contribution is -0.148. The number of Topliss-reactive ketones (excluding diaryl/α,β-unsaturated/α-hetero) is 1. The molecule has 7 nitrogen and oxygen atoms in total. The van der Waals surface area contributed by atoms with Crippen molar-refractivity contribution in [2.75, 3.05) is 6.61 Å². The van der Waals surface area contributed by atoms with Gasteiger partial charge < -0.3 is 15.4 Å². The average molecular weight is 414 g/mol. The molecule has 0 aliphatic carbocycles. The van der Waals surface area contributed by atoms with Gasteiger partial charge in [0.2, 0.25) is 5.91 Å². The van der Waals surface area contributed by atoms with Crippen molar-refractivity contribution >= 4 is 29.3 Å². The van der Waals surface area contributed by atoms with E-state index in [-0.39, 0.29) is 18.0 Å². The lowest BCUT2D eigenvalue weighted by atomic mass is 9.66. The zero-order valence-electron chi connectivity index (χ0n) is 16.0. The number of nitrogens with two attached hydrogens (primary N) is 1. The molecule has 0 spiro atoms. The molecular formula is C21H20ClN3O4. The van der Waals surface area contributed by atoms with Crippen LogP contribution in [0.25, 0.3) is 0 Å². The second-order valence-corrected chi connectivity index (χ2v) is 7.40. The molecule has 3 rings (SSSR count). The Kier molecular flexibility index (Phi) is 5.49. The third kappa shape index (κ3) is 3.19. The van der Waals surface area contributed by atoms with Crippen LogP contribution in [0.15, 0.2) is 48.2 Å². The minimum Gasteiger partial charge on any atom is -0.464 e. The largest absolute Gasteiger partial charge is 0.464 e. The normalized spacial score (nSPS) is 27.6. The monoisotopic (exact) mass is 413 g/mol. The first kappa shape index (κ1) is 20.6. The van der Waals surface area contributed by atoms with Crippen LogP contribution >= 0.6 is 11.6 Å². The maximum Gasteiger partial charge on any atom is 0.329 e. The maximum absolute atomic E-state index is 13.0. The molecule has 2 N–H and O–H groups in total. The summed E-state index contributed by atoms with van der Waals surface area (Å²) in [4.78, 5) is 39.1. The molecule has 0 aromatic heterocycles. The Morgan fingerprint density at radius 3 is 2.48 bits per heavy atom. The highest BCUT2D eigenvalue weighted by Gasteiger charge is 2.64. The summed E-state index contributed by atoms with van der Waals surface area (Å²) in [6.45, 7) is 3.13. The zero-order valence-corrected chi connectivity index (χ0v) is 16.7. The summed E-state index contributed by atoms with van der Waals surface area (Å²) in [6.07, 6.45) is 4.48. The van der Waals surface area contributed by atoms with Crippen molar-refractivity contribution in [1.29, 1.82) is 5.26 Å². The van der Waals surface area contributed by atoms with E-state index >= 15 is 0 Å². The van der Waals surface area contributed by atoms with E-state index < -0.39 is 35.3 Å². The highest BCUT2D eigenvalue weighted by atomic mass is 35.5. The number of halogens is 1. The van der Waals surface area contributed by atoms with Gasteiger partial charge in [0.15, 0.2) is 5.78 Å². The fourth-order valence-electron chi connectivity index (χ4n) is 4.21. The van der Waals surface area contributed by atoms with E-state index in [9.17, 15) is 19.6 Å². The summed E-state index contributed by atoms with van der Waals surface area (Å²) in [7, 11) is 0. The van der Waals surface area contributed by atoms with Crippen LogP contribution in [0.4, 0.5) is 0 Å². The van der Waals surface area contributed by atoms with E-state index in [1.807, 2.05) is 0 Å². The lowest BCUT2D eigenvalue weighted by Crippen LogP contribution is -2.43. The smallest absolute Gasteiger partial charge is 0.329 e. The number of rotatable bonds is 5. The van der Waals surface area contributed by atoms with Gasteiger partial charge >= 0.3 is 5.97 Å². The van der Waals surface area contributed by atoms with Crippen LogP contribution in [-0.2, 0) is 19.1 Å². The van der Waals surface area contributed by atoms with E-state index in [0.717, 1.165) is 0 Å². The van der Waals surface area contributed by atoms with Crippen LogP contribution in [0, 0.1) is 16.7 Å². The SMILES string of the molecule is CCOC(=O)[C@@H]1[C@H](c2ccc(Cl)cc2)[C@](C#N)(C(C)=O)[C@@H]2C=CC(C(N)=O)=CN12. The third-order valence-corrected chi connectivity index (χ3v) is 5.72. The maximum atomic E-state index is 13.0. The predicted octanol–water partition coefficient (Wildman–Crippen LogP) is 2.08. The molecule has 4 atom stereocenters. The minimum atomic E-state index is -1.57. The van der Waals surface area contributed by atoms with E-state index in [4.69, 9.17) is 22.1 Å². The Labute approximate surface area is 173 Å². The topological polar surface area (TPSA) is 113 Å². The molecule has 1 amide bonds. The Bertz CT molecular complexity index is 963. The van der Waals surface area contributed by atoms with Gasteiger partial charge in [-0.2, -0.15) is 5.26 Å². The molecule has 1 fully saturated rings. The van der Waals surface area contributed by atoms with Gasteiger partial charge in [-0.1, -0.05) is 29.8 Å². The van der Waals surface area contributed by atoms with E-state index in [0.29, 0.717) is 10.6 Å². The fraction of sp³-hybridized carbons (Fsp3) is 0.333. The van der Waals surface area contributed by atoms with Crippen LogP contribution in [0.5, 0.6) is 0 Å². The number of nitrogens with zero attached hydrogens (tertiary/aromatic N) is 2. The number of benzene rings is 1.